The molecule has 2 aromatic carbocycles. The van der Waals surface area contributed by atoms with Gasteiger partial charge in [0, 0.05) is 18.2 Å². The van der Waals surface area contributed by atoms with Crippen LogP contribution in [0.2, 0.25) is 0 Å². The third-order valence-electron chi connectivity index (χ3n) is 6.51. The van der Waals surface area contributed by atoms with E-state index in [-0.39, 0.29) is 18.2 Å². The normalized spacial score (nSPS) is 14.4. The Hall–Kier alpha value is -4.15. The van der Waals surface area contributed by atoms with E-state index < -0.39 is 23.5 Å². The summed E-state index contributed by atoms with van der Waals surface area (Å²) in [7, 11) is 0. The molecule has 0 unspecified atom stereocenters. The molecule has 0 bridgehead atoms. The third-order valence-corrected chi connectivity index (χ3v) is 6.51. The van der Waals surface area contributed by atoms with Gasteiger partial charge in [0.15, 0.2) is 11.5 Å². The number of hydrogen-bond acceptors (Lipinski definition) is 6. The number of aromatic nitrogens is 4. The lowest BCUT2D eigenvalue weighted by atomic mass is 10.1. The average molecular weight is 526 g/mol. The van der Waals surface area contributed by atoms with Crippen LogP contribution in [0.25, 0.3) is 22.6 Å². The number of halogens is 3. The number of nitrogens with one attached hydrogen (secondary N) is 1. The Balaban J connectivity index is 1.68. The standard InChI is InChI=1S/C27H26F3N5O3/c1-3-38-20-6-4-5-18(13-20)25-34-23-21(35(25)14-16-7-11-19(12-8-16)27(28,29)30)22(31-15(2)17-9-10-17)32-24(33-23)26(36)37/h4-8,11-13,15,17H,3,9-10,14H2,1-2H3,(H,36,37)(H,31,32,33)/t15-/m1/s1. The minimum atomic E-state index is -4.44. The zero-order valence-corrected chi connectivity index (χ0v) is 20.8. The molecule has 198 valence electrons. The highest BCUT2D eigenvalue weighted by Gasteiger charge is 2.31. The number of anilines is 1. The van der Waals surface area contributed by atoms with E-state index in [0.29, 0.717) is 46.6 Å². The lowest BCUT2D eigenvalue weighted by Crippen LogP contribution is -2.20. The van der Waals surface area contributed by atoms with E-state index in [1.165, 1.54) is 12.1 Å². The van der Waals surface area contributed by atoms with E-state index in [1.54, 1.807) is 10.6 Å². The van der Waals surface area contributed by atoms with Crippen molar-refractivity contribution in [2.75, 3.05) is 11.9 Å². The van der Waals surface area contributed by atoms with Crippen molar-refractivity contribution in [2.45, 2.75) is 45.5 Å². The van der Waals surface area contributed by atoms with Gasteiger partial charge >= 0.3 is 12.1 Å². The second-order valence-corrected chi connectivity index (χ2v) is 9.32. The second-order valence-electron chi connectivity index (χ2n) is 9.32. The Morgan fingerprint density at radius 2 is 1.89 bits per heavy atom. The molecule has 0 spiro atoms. The molecule has 1 saturated carbocycles. The molecule has 2 N–H and O–H groups in total. The topological polar surface area (TPSA) is 102 Å². The van der Waals surface area contributed by atoms with Gasteiger partial charge < -0.3 is 19.7 Å². The summed E-state index contributed by atoms with van der Waals surface area (Å²) >= 11 is 0. The fourth-order valence-corrected chi connectivity index (χ4v) is 4.41. The van der Waals surface area contributed by atoms with Crippen LogP contribution in [0.3, 0.4) is 0 Å². The molecular weight excluding hydrogens is 499 g/mol. The van der Waals surface area contributed by atoms with E-state index in [2.05, 4.69) is 20.3 Å². The summed E-state index contributed by atoms with van der Waals surface area (Å²) in [5, 5.41) is 13.0. The molecule has 5 rings (SSSR count). The van der Waals surface area contributed by atoms with Crippen molar-refractivity contribution >= 4 is 23.0 Å². The molecule has 38 heavy (non-hydrogen) atoms. The molecule has 1 atom stereocenters. The highest BCUT2D eigenvalue weighted by atomic mass is 19.4. The van der Waals surface area contributed by atoms with E-state index >= 15 is 0 Å². The van der Waals surface area contributed by atoms with Gasteiger partial charge in [-0.05, 0) is 62.4 Å². The molecule has 1 aliphatic rings. The Kier molecular flexibility index (Phi) is 6.68. The van der Waals surface area contributed by atoms with Crippen LogP contribution in [-0.2, 0) is 12.7 Å². The van der Waals surface area contributed by atoms with Crippen molar-refractivity contribution in [3.8, 4) is 17.1 Å². The first-order valence-corrected chi connectivity index (χ1v) is 12.3. The van der Waals surface area contributed by atoms with Gasteiger partial charge in [-0.2, -0.15) is 13.2 Å². The van der Waals surface area contributed by atoms with E-state index in [1.807, 2.05) is 32.0 Å². The zero-order valence-electron chi connectivity index (χ0n) is 20.8. The highest BCUT2D eigenvalue weighted by Crippen LogP contribution is 2.36. The molecule has 1 fully saturated rings. The Labute approximate surface area is 216 Å². The lowest BCUT2D eigenvalue weighted by Gasteiger charge is -2.17. The predicted molar refractivity (Wildman–Crippen MR) is 135 cm³/mol. The molecule has 8 nitrogen and oxygen atoms in total. The van der Waals surface area contributed by atoms with Crippen molar-refractivity contribution in [1.82, 2.24) is 19.5 Å². The number of fused-ring (bicyclic) bond motifs is 1. The fraction of sp³-hybridized carbons (Fsp3) is 0.333. The van der Waals surface area contributed by atoms with Crippen molar-refractivity contribution in [3.63, 3.8) is 0 Å². The number of carboxylic acid groups (broad SMARTS) is 1. The van der Waals surface area contributed by atoms with Gasteiger partial charge in [0.25, 0.3) is 0 Å². The first-order valence-electron chi connectivity index (χ1n) is 12.3. The van der Waals surface area contributed by atoms with Crippen molar-refractivity contribution in [1.29, 1.82) is 0 Å². The number of imidazole rings is 1. The third kappa shape index (κ3) is 5.27. The summed E-state index contributed by atoms with van der Waals surface area (Å²) in [5.74, 6) is 0.167. The smallest absolute Gasteiger partial charge is 0.416 e. The number of alkyl halides is 3. The molecule has 0 aliphatic heterocycles. The van der Waals surface area contributed by atoms with Gasteiger partial charge in [-0.15, -0.1) is 0 Å². The van der Waals surface area contributed by atoms with E-state index in [0.717, 1.165) is 25.0 Å². The van der Waals surface area contributed by atoms with Crippen LogP contribution in [0.5, 0.6) is 5.75 Å². The number of nitrogens with zero attached hydrogens (tertiary/aromatic N) is 4. The summed E-state index contributed by atoms with van der Waals surface area (Å²) in [6.07, 6.45) is -2.31. The number of carboxylic acids is 1. The quantitative estimate of drug-likeness (QED) is 0.282. The van der Waals surface area contributed by atoms with Crippen LogP contribution in [0, 0.1) is 5.92 Å². The Morgan fingerprint density at radius 1 is 1.16 bits per heavy atom. The summed E-state index contributed by atoms with van der Waals surface area (Å²) < 4.78 is 46.9. The van der Waals surface area contributed by atoms with Crippen LogP contribution >= 0.6 is 0 Å². The highest BCUT2D eigenvalue weighted by molar-refractivity contribution is 5.92. The van der Waals surface area contributed by atoms with Gasteiger partial charge in [-0.3, -0.25) is 0 Å². The summed E-state index contributed by atoms with van der Waals surface area (Å²) in [6, 6.07) is 12.2. The molecule has 0 amide bonds. The Bertz CT molecular complexity index is 1480. The maximum atomic E-state index is 13.1. The number of aromatic carboxylic acids is 1. The number of benzene rings is 2. The number of rotatable bonds is 9. The molecule has 1 aliphatic carbocycles. The van der Waals surface area contributed by atoms with Gasteiger partial charge in [0.1, 0.15) is 17.1 Å². The number of carbonyl (C=O) groups is 1. The molecule has 2 heterocycles. The average Bonchev–Trinajstić information content (AvgIpc) is 3.66. The summed E-state index contributed by atoms with van der Waals surface area (Å²) in [5.41, 5.74) is 1.18. The van der Waals surface area contributed by atoms with Crippen LogP contribution in [0.15, 0.2) is 48.5 Å². The number of ether oxygens (including phenoxy) is 1. The summed E-state index contributed by atoms with van der Waals surface area (Å²) in [6.45, 7) is 4.50. The maximum absolute atomic E-state index is 13.1. The molecule has 0 radical (unpaired) electrons. The minimum Gasteiger partial charge on any atom is -0.494 e. The van der Waals surface area contributed by atoms with Crippen LogP contribution < -0.4 is 10.1 Å². The van der Waals surface area contributed by atoms with Crippen molar-refractivity contribution in [3.05, 3.63) is 65.5 Å². The van der Waals surface area contributed by atoms with E-state index in [9.17, 15) is 23.1 Å². The molecule has 0 saturated heterocycles. The Morgan fingerprint density at radius 3 is 2.53 bits per heavy atom. The van der Waals surface area contributed by atoms with Crippen LogP contribution in [0.4, 0.5) is 19.0 Å². The second kappa shape index (κ2) is 9.96. The zero-order chi connectivity index (χ0) is 27.0. The molecule has 11 heteroatoms. The van der Waals surface area contributed by atoms with Crippen molar-refractivity contribution < 1.29 is 27.8 Å². The SMILES string of the molecule is CCOc1cccc(-c2nc3nc(C(=O)O)nc(N[C@H](C)C4CC4)c3n2Cc2ccc(C(F)(F)F)cc2)c1. The first-order chi connectivity index (χ1) is 18.1. The molecule has 2 aromatic heterocycles. The fourth-order valence-electron chi connectivity index (χ4n) is 4.41. The predicted octanol–water partition coefficient (Wildman–Crippen LogP) is 5.87. The van der Waals surface area contributed by atoms with Crippen LogP contribution in [0.1, 0.15) is 48.4 Å². The van der Waals surface area contributed by atoms with Gasteiger partial charge in [0.2, 0.25) is 5.82 Å². The largest absolute Gasteiger partial charge is 0.494 e. The maximum Gasteiger partial charge on any atom is 0.416 e. The summed E-state index contributed by atoms with van der Waals surface area (Å²) in [4.78, 5) is 25.0. The van der Waals surface area contributed by atoms with Gasteiger partial charge in [-0.1, -0.05) is 24.3 Å². The van der Waals surface area contributed by atoms with E-state index in [4.69, 9.17) is 4.74 Å². The minimum absolute atomic E-state index is 0.0360. The first kappa shape index (κ1) is 25.5. The van der Waals surface area contributed by atoms with Gasteiger partial charge in [0.05, 0.1) is 12.2 Å². The monoisotopic (exact) mass is 525 g/mol. The van der Waals surface area contributed by atoms with Crippen molar-refractivity contribution in [2.24, 2.45) is 5.92 Å². The van der Waals surface area contributed by atoms with Crippen LogP contribution in [-0.4, -0.2) is 43.2 Å². The van der Waals surface area contributed by atoms with Gasteiger partial charge in [-0.25, -0.2) is 19.7 Å². The molecule has 4 aromatic rings. The molecular formula is C27H26F3N5O3. The number of hydrogen-bond donors (Lipinski definition) is 2. The lowest BCUT2D eigenvalue weighted by molar-refractivity contribution is -0.137.